The van der Waals surface area contributed by atoms with Gasteiger partial charge in [0.25, 0.3) is 5.95 Å². The summed E-state index contributed by atoms with van der Waals surface area (Å²) in [6.45, 7) is 2.69. The van der Waals surface area contributed by atoms with Gasteiger partial charge in [-0.15, -0.1) is 0 Å². The molecule has 0 aliphatic carbocycles. The molecule has 0 spiro atoms. The second-order valence-corrected chi connectivity index (χ2v) is 2.78. The van der Waals surface area contributed by atoms with Crippen molar-refractivity contribution >= 4 is 12.3 Å². The molecule has 0 saturated heterocycles. The molecule has 0 aromatic heterocycles. The van der Waals surface area contributed by atoms with E-state index in [2.05, 4.69) is 4.74 Å². The van der Waals surface area contributed by atoms with Gasteiger partial charge in [0.2, 0.25) is 0 Å². The van der Waals surface area contributed by atoms with E-state index in [1.807, 2.05) is 0 Å². The van der Waals surface area contributed by atoms with Gasteiger partial charge in [-0.25, -0.2) is 0 Å². The van der Waals surface area contributed by atoms with Crippen molar-refractivity contribution < 1.29 is 24.2 Å². The number of hydrogen-bond acceptors (Lipinski definition) is 5. The van der Waals surface area contributed by atoms with E-state index < -0.39 is 11.9 Å². The van der Waals surface area contributed by atoms with Crippen LogP contribution in [0.3, 0.4) is 0 Å². The van der Waals surface area contributed by atoms with Gasteiger partial charge in [0.1, 0.15) is 23.7 Å². The second-order valence-electron chi connectivity index (χ2n) is 2.78. The first-order chi connectivity index (χ1) is 6.54. The molecule has 1 rings (SSSR count). The monoisotopic (exact) mass is 198 g/mol. The summed E-state index contributed by atoms with van der Waals surface area (Å²) in [6.07, 6.45) is 1.77. The lowest BCUT2D eigenvalue weighted by Crippen LogP contribution is -2.15. The summed E-state index contributed by atoms with van der Waals surface area (Å²) in [5.74, 6) is -1.45. The minimum atomic E-state index is -0.807. The molecular formula is C9H10O5. The molecule has 14 heavy (non-hydrogen) atoms. The lowest BCUT2D eigenvalue weighted by atomic mass is 10.1. The quantitative estimate of drug-likeness (QED) is 0.529. The molecule has 1 aliphatic heterocycles. The average molecular weight is 198 g/mol. The number of rotatable bonds is 2. The van der Waals surface area contributed by atoms with E-state index in [9.17, 15) is 14.7 Å². The third kappa shape index (κ3) is 2.12. The molecule has 1 N–H and O–H groups in total. The van der Waals surface area contributed by atoms with Crippen LogP contribution in [0, 0.1) is 5.92 Å². The van der Waals surface area contributed by atoms with Crippen LogP contribution in [0.5, 0.6) is 0 Å². The molecule has 0 radical (unpaired) electrons. The fourth-order valence-electron chi connectivity index (χ4n) is 0.998. The Balaban J connectivity index is 2.84. The maximum atomic E-state index is 10.6. The Labute approximate surface area is 80.6 Å². The minimum absolute atomic E-state index is 0.0788. The molecule has 1 heterocycles. The van der Waals surface area contributed by atoms with Crippen molar-refractivity contribution in [3.63, 3.8) is 0 Å². The number of carbonyl (C=O) groups excluding carboxylic acids is 2. The Kier molecular flexibility index (Phi) is 2.91. The van der Waals surface area contributed by atoms with E-state index >= 15 is 0 Å². The van der Waals surface area contributed by atoms with Crippen molar-refractivity contribution in [1.29, 1.82) is 0 Å². The van der Waals surface area contributed by atoms with Crippen LogP contribution in [0.1, 0.15) is 13.8 Å². The highest BCUT2D eigenvalue weighted by molar-refractivity contribution is 5.68. The molecule has 0 aromatic carbocycles. The first-order valence-electron chi connectivity index (χ1n) is 3.97. The summed E-state index contributed by atoms with van der Waals surface area (Å²) in [6, 6.07) is 0. The Morgan fingerprint density at radius 2 is 2.36 bits per heavy atom. The zero-order chi connectivity index (χ0) is 10.7. The molecule has 1 atom stereocenters. The zero-order valence-electron chi connectivity index (χ0n) is 7.81. The summed E-state index contributed by atoms with van der Waals surface area (Å²) in [4.78, 5) is 21.1. The SMILES string of the molecule is CC(=O)OC1=CC(C=O)C(O)=C(C)O1. The molecule has 0 amide bonds. The molecule has 76 valence electrons. The predicted molar refractivity (Wildman–Crippen MR) is 45.8 cm³/mol. The lowest BCUT2D eigenvalue weighted by molar-refractivity contribution is -0.141. The lowest BCUT2D eigenvalue weighted by Gasteiger charge is -2.18. The van der Waals surface area contributed by atoms with Gasteiger partial charge in [0.05, 0.1) is 0 Å². The number of allylic oxidation sites excluding steroid dienone is 2. The predicted octanol–water partition coefficient (Wildman–Crippen LogP) is 1.03. The van der Waals surface area contributed by atoms with Crippen molar-refractivity contribution in [1.82, 2.24) is 0 Å². The van der Waals surface area contributed by atoms with Crippen LogP contribution in [0.2, 0.25) is 0 Å². The van der Waals surface area contributed by atoms with Crippen LogP contribution in [0.4, 0.5) is 0 Å². The van der Waals surface area contributed by atoms with Gasteiger partial charge >= 0.3 is 5.97 Å². The summed E-state index contributed by atoms with van der Waals surface area (Å²) < 4.78 is 9.57. The number of esters is 1. The van der Waals surface area contributed by atoms with E-state index in [0.29, 0.717) is 6.29 Å². The molecule has 0 aromatic rings. The van der Waals surface area contributed by atoms with Crippen molar-refractivity contribution in [2.45, 2.75) is 13.8 Å². The minimum Gasteiger partial charge on any atom is -0.508 e. The van der Waals surface area contributed by atoms with Crippen LogP contribution in [-0.2, 0) is 19.1 Å². The van der Waals surface area contributed by atoms with Crippen molar-refractivity contribution in [2.24, 2.45) is 5.92 Å². The number of hydrogen-bond donors (Lipinski definition) is 1. The number of ether oxygens (including phenoxy) is 2. The van der Waals surface area contributed by atoms with E-state index in [4.69, 9.17) is 4.74 Å². The smallest absolute Gasteiger partial charge is 0.310 e. The average Bonchev–Trinajstić information content (AvgIpc) is 2.10. The van der Waals surface area contributed by atoms with Crippen LogP contribution < -0.4 is 0 Å². The molecule has 0 fully saturated rings. The molecular weight excluding hydrogens is 188 g/mol. The van der Waals surface area contributed by atoms with Gasteiger partial charge in [-0.05, 0) is 6.92 Å². The van der Waals surface area contributed by atoms with E-state index in [1.54, 1.807) is 0 Å². The molecule has 5 nitrogen and oxygen atoms in total. The normalized spacial score (nSPS) is 21.0. The maximum absolute atomic E-state index is 10.6. The topological polar surface area (TPSA) is 72.8 Å². The number of carbonyl (C=O) groups is 2. The molecule has 5 heteroatoms. The van der Waals surface area contributed by atoms with Crippen LogP contribution in [0.15, 0.2) is 23.5 Å². The first kappa shape index (κ1) is 10.3. The molecule has 0 bridgehead atoms. The van der Waals surface area contributed by atoms with Gasteiger partial charge in [0, 0.05) is 13.0 Å². The highest BCUT2D eigenvalue weighted by atomic mass is 16.7. The van der Waals surface area contributed by atoms with Gasteiger partial charge in [-0.3, -0.25) is 4.79 Å². The van der Waals surface area contributed by atoms with Crippen molar-refractivity contribution in [3.8, 4) is 0 Å². The number of aldehydes is 1. The molecule has 1 aliphatic rings. The highest BCUT2D eigenvalue weighted by Gasteiger charge is 2.23. The standard InChI is InChI=1S/C9H10O5/c1-5-9(12)7(4-10)3-8(13-5)14-6(2)11/h3-4,7,12H,1-2H3. The van der Waals surface area contributed by atoms with Crippen LogP contribution >= 0.6 is 0 Å². The number of aliphatic hydroxyl groups is 1. The summed E-state index contributed by atoms with van der Waals surface area (Å²) in [5.41, 5.74) is 0. The highest BCUT2D eigenvalue weighted by Crippen LogP contribution is 2.24. The Hall–Kier alpha value is -1.78. The Morgan fingerprint density at radius 3 is 2.86 bits per heavy atom. The molecule has 1 unspecified atom stereocenters. The van der Waals surface area contributed by atoms with E-state index in [-0.39, 0.29) is 17.5 Å². The van der Waals surface area contributed by atoms with Gasteiger partial charge in [0.15, 0.2) is 0 Å². The summed E-state index contributed by atoms with van der Waals surface area (Å²) in [5, 5.41) is 9.33. The summed E-state index contributed by atoms with van der Waals surface area (Å²) >= 11 is 0. The maximum Gasteiger partial charge on any atom is 0.310 e. The molecule has 0 saturated carbocycles. The van der Waals surface area contributed by atoms with E-state index in [1.165, 1.54) is 19.9 Å². The van der Waals surface area contributed by atoms with E-state index in [0.717, 1.165) is 0 Å². The number of aliphatic hydroxyl groups excluding tert-OH is 1. The largest absolute Gasteiger partial charge is 0.508 e. The Morgan fingerprint density at radius 1 is 1.71 bits per heavy atom. The third-order valence-electron chi connectivity index (χ3n) is 1.64. The second kappa shape index (κ2) is 3.95. The fraction of sp³-hybridized carbons (Fsp3) is 0.333. The van der Waals surface area contributed by atoms with Gasteiger partial charge < -0.3 is 19.4 Å². The fourth-order valence-corrected chi connectivity index (χ4v) is 0.998. The van der Waals surface area contributed by atoms with Crippen LogP contribution in [-0.4, -0.2) is 17.4 Å². The summed E-state index contributed by atoms with van der Waals surface area (Å²) in [7, 11) is 0. The van der Waals surface area contributed by atoms with Gasteiger partial charge in [-0.2, -0.15) is 0 Å². The third-order valence-corrected chi connectivity index (χ3v) is 1.64. The first-order valence-corrected chi connectivity index (χ1v) is 3.97. The van der Waals surface area contributed by atoms with Crippen molar-refractivity contribution in [2.75, 3.05) is 0 Å². The van der Waals surface area contributed by atoms with Gasteiger partial charge in [-0.1, -0.05) is 0 Å². The zero-order valence-corrected chi connectivity index (χ0v) is 7.81. The Bertz CT molecular complexity index is 326. The van der Waals surface area contributed by atoms with Crippen LogP contribution in [0.25, 0.3) is 0 Å². The van der Waals surface area contributed by atoms with Crippen molar-refractivity contribution in [3.05, 3.63) is 23.5 Å².